The molecule has 0 spiro atoms. The normalized spacial score (nSPS) is 9.88. The molecule has 2 aromatic rings. The predicted octanol–water partition coefficient (Wildman–Crippen LogP) is 1.23. The van der Waals surface area contributed by atoms with Crippen molar-refractivity contribution in [2.24, 2.45) is 0 Å². The van der Waals surface area contributed by atoms with Crippen molar-refractivity contribution in [2.45, 2.75) is 13.3 Å². The number of carbonyl (C=O) groups is 1. The van der Waals surface area contributed by atoms with Gasteiger partial charge < -0.3 is 5.32 Å². The lowest BCUT2D eigenvalue weighted by Gasteiger charge is -2.00. The minimum absolute atomic E-state index is 0.189. The molecule has 0 saturated carbocycles. The Kier molecular flexibility index (Phi) is 3.16. The first kappa shape index (κ1) is 11.3. The molecule has 0 saturated heterocycles. The molecule has 1 amide bonds. The summed E-state index contributed by atoms with van der Waals surface area (Å²) < 4.78 is 0. The van der Waals surface area contributed by atoms with Crippen LogP contribution in [-0.4, -0.2) is 21.1 Å². The van der Waals surface area contributed by atoms with Gasteiger partial charge in [-0.05, 0) is 6.92 Å². The lowest BCUT2D eigenvalue weighted by molar-refractivity contribution is -0.115. The molecule has 2 N–H and O–H groups in total. The standard InChI is InChI=1S/C10H9N5OS/c1-6-13-8(5-17-6)2-9(16)14-10-7(3-11)4-12-15-10/h4-5H,2H2,1H3,(H2,12,14,15,16). The highest BCUT2D eigenvalue weighted by Crippen LogP contribution is 2.11. The zero-order valence-electron chi connectivity index (χ0n) is 9.02. The molecule has 0 aromatic carbocycles. The van der Waals surface area contributed by atoms with Gasteiger partial charge >= 0.3 is 0 Å². The van der Waals surface area contributed by atoms with Crippen molar-refractivity contribution in [1.82, 2.24) is 15.2 Å². The maximum absolute atomic E-state index is 11.7. The SMILES string of the molecule is Cc1nc(CC(=O)Nc2[nH]ncc2C#N)cs1. The average Bonchev–Trinajstić information content (AvgIpc) is 2.87. The molecular formula is C10H9N5OS. The summed E-state index contributed by atoms with van der Waals surface area (Å²) in [5.41, 5.74) is 1.04. The summed E-state index contributed by atoms with van der Waals surface area (Å²) in [5, 5.41) is 20.3. The van der Waals surface area contributed by atoms with E-state index >= 15 is 0 Å². The zero-order valence-corrected chi connectivity index (χ0v) is 9.84. The van der Waals surface area contributed by atoms with Crippen molar-refractivity contribution < 1.29 is 4.79 Å². The highest BCUT2D eigenvalue weighted by Gasteiger charge is 2.10. The highest BCUT2D eigenvalue weighted by atomic mass is 32.1. The molecule has 7 heteroatoms. The number of carbonyl (C=O) groups excluding carboxylic acids is 1. The van der Waals surface area contributed by atoms with Crippen LogP contribution in [0.4, 0.5) is 5.82 Å². The predicted molar refractivity (Wildman–Crippen MR) is 62.5 cm³/mol. The summed E-state index contributed by atoms with van der Waals surface area (Å²) in [5.74, 6) is 0.0977. The first-order chi connectivity index (χ1) is 8.19. The van der Waals surface area contributed by atoms with E-state index in [1.165, 1.54) is 17.5 Å². The van der Waals surface area contributed by atoms with Crippen LogP contribution in [0, 0.1) is 18.3 Å². The molecule has 0 aliphatic heterocycles. The second-order valence-corrected chi connectivity index (χ2v) is 4.42. The molecule has 2 rings (SSSR count). The van der Waals surface area contributed by atoms with Gasteiger partial charge in [-0.25, -0.2) is 4.98 Å². The van der Waals surface area contributed by atoms with Crippen LogP contribution in [-0.2, 0) is 11.2 Å². The minimum atomic E-state index is -0.226. The lowest BCUT2D eigenvalue weighted by atomic mass is 10.3. The Labute approximate surface area is 101 Å². The number of nitrogens with zero attached hydrogens (tertiary/aromatic N) is 3. The van der Waals surface area contributed by atoms with Crippen molar-refractivity contribution in [3.05, 3.63) is 27.8 Å². The van der Waals surface area contributed by atoms with Crippen LogP contribution in [0.15, 0.2) is 11.6 Å². The van der Waals surface area contributed by atoms with Crippen LogP contribution in [0.5, 0.6) is 0 Å². The molecule has 17 heavy (non-hydrogen) atoms. The fourth-order valence-corrected chi connectivity index (χ4v) is 1.92. The molecule has 0 fully saturated rings. The Morgan fingerprint density at radius 2 is 2.53 bits per heavy atom. The van der Waals surface area contributed by atoms with Crippen LogP contribution in [0.1, 0.15) is 16.3 Å². The molecule has 2 aromatic heterocycles. The molecule has 0 aliphatic carbocycles. The Balaban J connectivity index is 2.01. The fourth-order valence-electron chi connectivity index (χ4n) is 1.30. The van der Waals surface area contributed by atoms with Gasteiger partial charge in [-0.15, -0.1) is 11.3 Å². The number of H-pyrrole nitrogens is 1. The third-order valence-corrected chi connectivity index (χ3v) is 2.85. The van der Waals surface area contributed by atoms with Gasteiger partial charge in [0, 0.05) is 5.38 Å². The number of thiazole rings is 1. The zero-order chi connectivity index (χ0) is 12.3. The summed E-state index contributed by atoms with van der Waals surface area (Å²) in [7, 11) is 0. The van der Waals surface area contributed by atoms with E-state index in [4.69, 9.17) is 5.26 Å². The van der Waals surface area contributed by atoms with E-state index in [9.17, 15) is 4.79 Å². The third-order valence-electron chi connectivity index (χ3n) is 2.03. The lowest BCUT2D eigenvalue weighted by Crippen LogP contribution is -2.15. The van der Waals surface area contributed by atoms with Crippen molar-refractivity contribution >= 4 is 23.1 Å². The molecule has 6 nitrogen and oxygen atoms in total. The number of hydrogen-bond donors (Lipinski definition) is 2. The Bertz CT molecular complexity index is 580. The summed E-state index contributed by atoms with van der Waals surface area (Å²) >= 11 is 1.50. The number of nitrogens with one attached hydrogen (secondary N) is 2. The number of hydrogen-bond acceptors (Lipinski definition) is 5. The third kappa shape index (κ3) is 2.68. The van der Waals surface area contributed by atoms with Gasteiger partial charge in [-0.3, -0.25) is 9.89 Å². The second kappa shape index (κ2) is 4.76. The number of rotatable bonds is 3. The van der Waals surface area contributed by atoms with Gasteiger partial charge in [0.25, 0.3) is 0 Å². The van der Waals surface area contributed by atoms with Crippen molar-refractivity contribution in [1.29, 1.82) is 5.26 Å². The van der Waals surface area contributed by atoms with Crippen LogP contribution in [0.25, 0.3) is 0 Å². The fraction of sp³-hybridized carbons (Fsp3) is 0.200. The van der Waals surface area contributed by atoms with Crippen LogP contribution < -0.4 is 5.32 Å². The van der Waals surface area contributed by atoms with E-state index in [0.717, 1.165) is 10.7 Å². The first-order valence-electron chi connectivity index (χ1n) is 4.83. The Morgan fingerprint density at radius 3 is 3.18 bits per heavy atom. The molecule has 0 atom stereocenters. The van der Waals surface area contributed by atoms with E-state index in [0.29, 0.717) is 11.4 Å². The Morgan fingerprint density at radius 1 is 1.71 bits per heavy atom. The average molecular weight is 247 g/mol. The summed E-state index contributed by atoms with van der Waals surface area (Å²) in [4.78, 5) is 15.8. The summed E-state index contributed by atoms with van der Waals surface area (Å²) in [6, 6.07) is 1.93. The largest absolute Gasteiger partial charge is 0.310 e. The van der Waals surface area contributed by atoms with Crippen LogP contribution in [0.2, 0.25) is 0 Å². The van der Waals surface area contributed by atoms with Gasteiger partial charge in [-0.2, -0.15) is 10.4 Å². The number of aromatic nitrogens is 3. The van der Waals surface area contributed by atoms with Gasteiger partial charge in [0.2, 0.25) is 5.91 Å². The molecule has 2 heterocycles. The van der Waals surface area contributed by atoms with E-state index in [1.807, 2.05) is 18.4 Å². The molecule has 0 aliphatic rings. The quantitative estimate of drug-likeness (QED) is 0.852. The van der Waals surface area contributed by atoms with Crippen molar-refractivity contribution in [2.75, 3.05) is 5.32 Å². The van der Waals surface area contributed by atoms with Gasteiger partial charge in [0.15, 0.2) is 0 Å². The molecule has 0 radical (unpaired) electrons. The number of anilines is 1. The summed E-state index contributed by atoms with van der Waals surface area (Å²) in [6.07, 6.45) is 1.55. The number of aromatic amines is 1. The van der Waals surface area contributed by atoms with E-state index in [2.05, 4.69) is 20.5 Å². The van der Waals surface area contributed by atoms with Crippen LogP contribution in [0.3, 0.4) is 0 Å². The van der Waals surface area contributed by atoms with Gasteiger partial charge in [0.1, 0.15) is 17.5 Å². The molecular weight excluding hydrogens is 238 g/mol. The topological polar surface area (TPSA) is 94.5 Å². The smallest absolute Gasteiger partial charge is 0.231 e. The monoisotopic (exact) mass is 247 g/mol. The highest BCUT2D eigenvalue weighted by molar-refractivity contribution is 7.09. The summed E-state index contributed by atoms with van der Waals surface area (Å²) in [6.45, 7) is 1.88. The maximum atomic E-state index is 11.7. The van der Waals surface area contributed by atoms with E-state index in [1.54, 1.807) is 0 Å². The van der Waals surface area contributed by atoms with E-state index < -0.39 is 0 Å². The number of nitriles is 1. The van der Waals surface area contributed by atoms with Gasteiger partial charge in [0.05, 0.1) is 23.3 Å². The molecule has 86 valence electrons. The number of amides is 1. The van der Waals surface area contributed by atoms with E-state index in [-0.39, 0.29) is 12.3 Å². The van der Waals surface area contributed by atoms with Crippen molar-refractivity contribution in [3.63, 3.8) is 0 Å². The number of aryl methyl sites for hydroxylation is 1. The Hall–Kier alpha value is -2.20. The molecule has 0 bridgehead atoms. The second-order valence-electron chi connectivity index (χ2n) is 3.35. The van der Waals surface area contributed by atoms with Gasteiger partial charge in [-0.1, -0.05) is 0 Å². The minimum Gasteiger partial charge on any atom is -0.310 e. The maximum Gasteiger partial charge on any atom is 0.231 e. The van der Waals surface area contributed by atoms with Crippen LogP contribution >= 0.6 is 11.3 Å². The first-order valence-corrected chi connectivity index (χ1v) is 5.71. The van der Waals surface area contributed by atoms with Crippen molar-refractivity contribution in [3.8, 4) is 6.07 Å². The molecule has 0 unspecified atom stereocenters.